The van der Waals surface area contributed by atoms with Gasteiger partial charge < -0.3 is 9.64 Å². The predicted molar refractivity (Wildman–Crippen MR) is 78.0 cm³/mol. The van der Waals surface area contributed by atoms with Crippen molar-refractivity contribution in [3.05, 3.63) is 29.3 Å². The third-order valence-corrected chi connectivity index (χ3v) is 3.69. The Morgan fingerprint density at radius 3 is 2.90 bits per heavy atom. The van der Waals surface area contributed by atoms with Crippen LogP contribution in [-0.2, 0) is 4.74 Å². The van der Waals surface area contributed by atoms with Crippen molar-refractivity contribution in [3.8, 4) is 6.07 Å². The van der Waals surface area contributed by atoms with Crippen LogP contribution in [0, 0.1) is 11.3 Å². The first-order chi connectivity index (χ1) is 9.61. The Bertz CT molecular complexity index is 528. The normalized spacial score (nSPS) is 18.4. The molecular formula is C16H20N2O2. The number of benzene rings is 1. The maximum Gasteiger partial charge on any atom is 0.159 e. The highest BCUT2D eigenvalue weighted by atomic mass is 16.5. The van der Waals surface area contributed by atoms with Crippen LogP contribution >= 0.6 is 0 Å². The first kappa shape index (κ1) is 14.5. The van der Waals surface area contributed by atoms with Crippen LogP contribution in [0.15, 0.2) is 18.2 Å². The van der Waals surface area contributed by atoms with Gasteiger partial charge in [0.2, 0.25) is 0 Å². The molecule has 0 radical (unpaired) electrons. The summed E-state index contributed by atoms with van der Waals surface area (Å²) in [5.41, 5.74) is 2.03. The van der Waals surface area contributed by atoms with E-state index in [-0.39, 0.29) is 11.9 Å². The monoisotopic (exact) mass is 272 g/mol. The molecule has 1 unspecified atom stereocenters. The molecule has 1 fully saturated rings. The Labute approximate surface area is 120 Å². The number of hydrogen-bond donors (Lipinski definition) is 0. The average molecular weight is 272 g/mol. The number of likely N-dealkylation sites (N-methyl/N-ethyl adjacent to an activating group) is 1. The molecule has 106 valence electrons. The van der Waals surface area contributed by atoms with Gasteiger partial charge in [-0.3, -0.25) is 4.79 Å². The van der Waals surface area contributed by atoms with Crippen molar-refractivity contribution < 1.29 is 9.53 Å². The molecule has 1 aromatic rings. The summed E-state index contributed by atoms with van der Waals surface area (Å²) in [7, 11) is 1.94. The van der Waals surface area contributed by atoms with Gasteiger partial charge in [0.15, 0.2) is 5.78 Å². The second-order valence-electron chi connectivity index (χ2n) is 5.27. The van der Waals surface area contributed by atoms with E-state index < -0.39 is 0 Å². The lowest BCUT2D eigenvalue weighted by Gasteiger charge is -2.29. The van der Waals surface area contributed by atoms with E-state index in [0.29, 0.717) is 11.1 Å². The van der Waals surface area contributed by atoms with Gasteiger partial charge in [0.1, 0.15) is 6.07 Å². The molecule has 4 heteroatoms. The molecule has 0 aliphatic carbocycles. The summed E-state index contributed by atoms with van der Waals surface area (Å²) in [5, 5.41) is 9.21. The van der Waals surface area contributed by atoms with Crippen LogP contribution in [0.25, 0.3) is 0 Å². The molecule has 20 heavy (non-hydrogen) atoms. The minimum atomic E-state index is 0.0121. The Balaban J connectivity index is 2.18. The number of hydrogen-bond acceptors (Lipinski definition) is 4. The lowest BCUT2D eigenvalue weighted by atomic mass is 10.0. The average Bonchev–Trinajstić information content (AvgIpc) is 2.47. The number of carbonyl (C=O) groups excluding carboxylic acids is 1. The summed E-state index contributed by atoms with van der Waals surface area (Å²) in [4.78, 5) is 13.5. The minimum absolute atomic E-state index is 0.0121. The summed E-state index contributed by atoms with van der Waals surface area (Å²) in [5.74, 6) is 0.0121. The van der Waals surface area contributed by atoms with Gasteiger partial charge >= 0.3 is 0 Å². The molecular weight excluding hydrogens is 252 g/mol. The highest BCUT2D eigenvalue weighted by Crippen LogP contribution is 2.23. The molecule has 0 amide bonds. The molecule has 1 heterocycles. The number of anilines is 1. The van der Waals surface area contributed by atoms with E-state index >= 15 is 0 Å². The van der Waals surface area contributed by atoms with E-state index in [0.717, 1.165) is 31.7 Å². The van der Waals surface area contributed by atoms with Gasteiger partial charge in [-0.2, -0.15) is 5.26 Å². The number of Topliss-reactive ketones (excluding diaryl/α,β-unsaturated/α-hetero) is 1. The predicted octanol–water partition coefficient (Wildman–Crippen LogP) is 2.77. The summed E-state index contributed by atoms with van der Waals surface area (Å²) in [6.07, 6.45) is 3.58. The van der Waals surface area contributed by atoms with E-state index in [2.05, 4.69) is 6.07 Å². The smallest absolute Gasteiger partial charge is 0.159 e. The summed E-state index contributed by atoms with van der Waals surface area (Å²) in [6, 6.07) is 7.40. The fourth-order valence-corrected chi connectivity index (χ4v) is 2.52. The molecule has 0 saturated carbocycles. The molecule has 2 rings (SSSR count). The fraction of sp³-hybridized carbons (Fsp3) is 0.500. The van der Waals surface area contributed by atoms with E-state index in [4.69, 9.17) is 4.74 Å². The highest BCUT2D eigenvalue weighted by Gasteiger charge is 2.18. The Hall–Kier alpha value is -1.86. The first-order valence-electron chi connectivity index (χ1n) is 6.99. The van der Waals surface area contributed by atoms with Crippen LogP contribution < -0.4 is 4.90 Å². The minimum Gasteiger partial charge on any atom is -0.376 e. The van der Waals surface area contributed by atoms with E-state index in [1.165, 1.54) is 13.3 Å². The Morgan fingerprint density at radius 1 is 1.50 bits per heavy atom. The van der Waals surface area contributed by atoms with Crippen molar-refractivity contribution in [2.45, 2.75) is 32.3 Å². The third kappa shape index (κ3) is 3.37. The first-order valence-corrected chi connectivity index (χ1v) is 6.99. The van der Waals surface area contributed by atoms with Gasteiger partial charge in [-0.05, 0) is 44.4 Å². The van der Waals surface area contributed by atoms with Crippen LogP contribution in [0.3, 0.4) is 0 Å². The molecule has 1 aliphatic rings. The van der Waals surface area contributed by atoms with Crippen LogP contribution in [0.5, 0.6) is 0 Å². The third-order valence-electron chi connectivity index (χ3n) is 3.69. The van der Waals surface area contributed by atoms with Crippen molar-refractivity contribution >= 4 is 11.5 Å². The molecule has 4 nitrogen and oxygen atoms in total. The second kappa shape index (κ2) is 6.53. The topological polar surface area (TPSA) is 53.3 Å². The number of ketones is 1. The molecule has 1 atom stereocenters. The van der Waals surface area contributed by atoms with Gasteiger partial charge in [0, 0.05) is 25.8 Å². The van der Waals surface area contributed by atoms with Gasteiger partial charge in [-0.25, -0.2) is 0 Å². The molecule has 0 spiro atoms. The fourth-order valence-electron chi connectivity index (χ4n) is 2.52. The molecule has 1 aliphatic heterocycles. The van der Waals surface area contributed by atoms with E-state index in [1.807, 2.05) is 11.9 Å². The molecule has 0 bridgehead atoms. The van der Waals surface area contributed by atoms with Crippen LogP contribution in [0.4, 0.5) is 5.69 Å². The van der Waals surface area contributed by atoms with Gasteiger partial charge in [-0.15, -0.1) is 0 Å². The SMILES string of the molecule is CC(=O)c1ccc(C#N)c(N(C)CC2CCCCO2)c1. The standard InChI is InChI=1S/C16H20N2O2/c1-12(19)13-6-7-14(10-17)16(9-13)18(2)11-15-5-3-4-8-20-15/h6-7,9,15H,3-5,8,11H2,1-2H3. The van der Waals surface area contributed by atoms with Crippen LogP contribution in [0.1, 0.15) is 42.1 Å². The summed E-state index contributed by atoms with van der Waals surface area (Å²) < 4.78 is 5.73. The molecule has 1 aromatic carbocycles. The number of rotatable bonds is 4. The zero-order valence-corrected chi connectivity index (χ0v) is 12.1. The molecule has 0 aromatic heterocycles. The number of ether oxygens (including phenoxy) is 1. The highest BCUT2D eigenvalue weighted by molar-refractivity contribution is 5.95. The van der Waals surface area contributed by atoms with Crippen molar-refractivity contribution in [1.82, 2.24) is 0 Å². The maximum absolute atomic E-state index is 11.5. The summed E-state index contributed by atoms with van der Waals surface area (Å²) in [6.45, 7) is 3.10. The van der Waals surface area contributed by atoms with Crippen LogP contribution in [0.2, 0.25) is 0 Å². The largest absolute Gasteiger partial charge is 0.376 e. The quantitative estimate of drug-likeness (QED) is 0.791. The van der Waals surface area contributed by atoms with Gasteiger partial charge in [-0.1, -0.05) is 0 Å². The van der Waals surface area contributed by atoms with E-state index in [9.17, 15) is 10.1 Å². The van der Waals surface area contributed by atoms with Crippen molar-refractivity contribution in [2.75, 3.05) is 25.1 Å². The molecule has 1 saturated heterocycles. The van der Waals surface area contributed by atoms with Gasteiger partial charge in [0.05, 0.1) is 17.4 Å². The molecule has 0 N–H and O–H groups in total. The zero-order valence-electron chi connectivity index (χ0n) is 12.1. The van der Waals surface area contributed by atoms with Crippen molar-refractivity contribution in [1.29, 1.82) is 5.26 Å². The maximum atomic E-state index is 11.5. The Kier molecular flexibility index (Phi) is 4.75. The van der Waals surface area contributed by atoms with Gasteiger partial charge in [0.25, 0.3) is 0 Å². The number of nitrogens with zero attached hydrogens (tertiary/aromatic N) is 2. The zero-order chi connectivity index (χ0) is 14.5. The number of carbonyl (C=O) groups is 1. The van der Waals surface area contributed by atoms with Crippen LogP contribution in [-0.4, -0.2) is 32.1 Å². The van der Waals surface area contributed by atoms with Crippen molar-refractivity contribution in [3.63, 3.8) is 0 Å². The van der Waals surface area contributed by atoms with Crippen molar-refractivity contribution in [2.24, 2.45) is 0 Å². The lowest BCUT2D eigenvalue weighted by molar-refractivity contribution is 0.0216. The Morgan fingerprint density at radius 2 is 2.30 bits per heavy atom. The lowest BCUT2D eigenvalue weighted by Crippen LogP contribution is -2.33. The van der Waals surface area contributed by atoms with E-state index in [1.54, 1.807) is 18.2 Å². The second-order valence-corrected chi connectivity index (χ2v) is 5.27. The number of nitriles is 1. The summed E-state index contributed by atoms with van der Waals surface area (Å²) >= 11 is 0.